The number of halogens is 1. The Bertz CT molecular complexity index is 656. The van der Waals surface area contributed by atoms with Crippen LogP contribution in [0.3, 0.4) is 0 Å². The van der Waals surface area contributed by atoms with Crippen molar-refractivity contribution < 1.29 is 14.8 Å². The van der Waals surface area contributed by atoms with E-state index in [1.165, 1.54) is 30.3 Å². The van der Waals surface area contributed by atoms with E-state index in [1.54, 1.807) is 0 Å². The van der Waals surface area contributed by atoms with Crippen LogP contribution < -0.4 is 5.32 Å². The third kappa shape index (κ3) is 3.01. The van der Waals surface area contributed by atoms with Crippen molar-refractivity contribution in [1.29, 1.82) is 0 Å². The van der Waals surface area contributed by atoms with E-state index in [1.807, 2.05) is 0 Å². The first kappa shape index (κ1) is 13.3. The highest BCUT2D eigenvalue weighted by Gasteiger charge is 2.16. The molecule has 0 fully saturated rings. The number of benzene rings is 1. The van der Waals surface area contributed by atoms with E-state index in [2.05, 4.69) is 5.32 Å². The minimum absolute atomic E-state index is 0.125. The predicted octanol–water partition coefficient (Wildman–Crippen LogP) is 3.27. The number of phenols is 1. The molecule has 0 bridgehead atoms. The van der Waals surface area contributed by atoms with E-state index < -0.39 is 10.8 Å². The fourth-order valence-corrected chi connectivity index (χ4v) is 2.23. The van der Waals surface area contributed by atoms with Gasteiger partial charge in [0.15, 0.2) is 0 Å². The van der Waals surface area contributed by atoms with E-state index in [0.29, 0.717) is 5.02 Å². The van der Waals surface area contributed by atoms with Crippen LogP contribution in [0.1, 0.15) is 9.67 Å². The molecule has 1 aromatic heterocycles. The van der Waals surface area contributed by atoms with Crippen LogP contribution in [0, 0.1) is 10.1 Å². The number of aromatic hydroxyl groups is 1. The number of carbonyl (C=O) groups excluding carboxylic acids is 1. The largest absolute Gasteiger partial charge is 0.506 e. The summed E-state index contributed by atoms with van der Waals surface area (Å²) in [5.74, 6) is -0.681. The Morgan fingerprint density at radius 1 is 1.37 bits per heavy atom. The first-order chi connectivity index (χ1) is 8.97. The minimum atomic E-state index is -0.571. The number of amides is 1. The van der Waals surface area contributed by atoms with Crippen LogP contribution in [0.5, 0.6) is 5.75 Å². The number of nitrogens with zero attached hydrogens (tertiary/aromatic N) is 1. The zero-order valence-corrected chi connectivity index (χ0v) is 10.9. The molecule has 2 N–H and O–H groups in total. The van der Waals surface area contributed by atoms with Gasteiger partial charge in [-0.15, -0.1) is 0 Å². The molecule has 98 valence electrons. The summed E-state index contributed by atoms with van der Waals surface area (Å²) in [6.07, 6.45) is 0. The summed E-state index contributed by atoms with van der Waals surface area (Å²) in [4.78, 5) is 22.0. The van der Waals surface area contributed by atoms with Gasteiger partial charge in [0.1, 0.15) is 5.75 Å². The molecule has 1 amide bonds. The molecule has 8 heteroatoms. The van der Waals surface area contributed by atoms with Crippen LogP contribution in [-0.4, -0.2) is 15.9 Å². The van der Waals surface area contributed by atoms with E-state index in [4.69, 9.17) is 11.6 Å². The molecule has 0 saturated heterocycles. The summed E-state index contributed by atoms with van der Waals surface area (Å²) in [5, 5.41) is 22.7. The maximum atomic E-state index is 11.8. The predicted molar refractivity (Wildman–Crippen MR) is 72.0 cm³/mol. The number of hydrogen-bond donors (Lipinski definition) is 2. The van der Waals surface area contributed by atoms with Crippen LogP contribution in [0.2, 0.25) is 5.02 Å². The molecule has 0 atom stereocenters. The van der Waals surface area contributed by atoms with Crippen molar-refractivity contribution in [3.8, 4) is 5.75 Å². The van der Waals surface area contributed by atoms with Crippen LogP contribution in [0.15, 0.2) is 30.3 Å². The lowest BCUT2D eigenvalue weighted by Gasteiger charge is -2.06. The van der Waals surface area contributed by atoms with Crippen molar-refractivity contribution in [2.45, 2.75) is 0 Å². The topological polar surface area (TPSA) is 92.5 Å². The van der Waals surface area contributed by atoms with Gasteiger partial charge in [-0.05, 0) is 24.3 Å². The second kappa shape index (κ2) is 5.25. The van der Waals surface area contributed by atoms with Gasteiger partial charge in [0, 0.05) is 11.1 Å². The van der Waals surface area contributed by atoms with Gasteiger partial charge in [0.2, 0.25) is 0 Å². The summed E-state index contributed by atoms with van der Waals surface area (Å²) >= 11 is 6.50. The number of carbonyl (C=O) groups is 1. The van der Waals surface area contributed by atoms with Crippen molar-refractivity contribution in [1.82, 2.24) is 0 Å². The maximum absolute atomic E-state index is 11.8. The van der Waals surface area contributed by atoms with Gasteiger partial charge >= 0.3 is 5.00 Å². The molecule has 2 rings (SSSR count). The Kier molecular flexibility index (Phi) is 3.68. The van der Waals surface area contributed by atoms with Crippen LogP contribution in [-0.2, 0) is 0 Å². The quantitative estimate of drug-likeness (QED) is 0.517. The molecule has 6 nitrogen and oxygen atoms in total. The summed E-state index contributed by atoms with van der Waals surface area (Å²) < 4.78 is 0. The van der Waals surface area contributed by atoms with E-state index in [0.717, 1.165) is 11.3 Å². The molecule has 0 aliphatic carbocycles. The smallest absolute Gasteiger partial charge is 0.324 e. The summed E-state index contributed by atoms with van der Waals surface area (Å²) in [6, 6.07) is 6.80. The van der Waals surface area contributed by atoms with Crippen molar-refractivity contribution >= 4 is 39.5 Å². The van der Waals surface area contributed by atoms with Crippen molar-refractivity contribution in [3.05, 3.63) is 50.3 Å². The molecule has 0 saturated carbocycles. The molecule has 0 spiro atoms. The minimum Gasteiger partial charge on any atom is -0.506 e. The summed E-state index contributed by atoms with van der Waals surface area (Å²) in [7, 11) is 0. The third-order valence-corrected chi connectivity index (χ3v) is 3.47. The van der Waals surface area contributed by atoms with Crippen LogP contribution >= 0.6 is 22.9 Å². The van der Waals surface area contributed by atoms with Crippen LogP contribution in [0.4, 0.5) is 10.7 Å². The SMILES string of the molecule is O=C(Nc1cc(Cl)ccc1O)c1ccc([N+](=O)[O-])s1. The average Bonchev–Trinajstić information content (AvgIpc) is 2.83. The Hall–Kier alpha value is -2.12. The van der Waals surface area contributed by atoms with Gasteiger partial charge in [-0.3, -0.25) is 14.9 Å². The fourth-order valence-electron chi connectivity index (χ4n) is 1.34. The second-order valence-electron chi connectivity index (χ2n) is 3.51. The maximum Gasteiger partial charge on any atom is 0.324 e. The van der Waals surface area contributed by atoms with E-state index >= 15 is 0 Å². The molecule has 1 aromatic carbocycles. The van der Waals surface area contributed by atoms with Crippen molar-refractivity contribution in [2.75, 3.05) is 5.32 Å². The Labute approximate surface area is 116 Å². The number of anilines is 1. The number of thiophene rings is 1. The van der Waals surface area contributed by atoms with E-state index in [9.17, 15) is 20.0 Å². The number of rotatable bonds is 3. The molecule has 0 aliphatic rings. The fraction of sp³-hybridized carbons (Fsp3) is 0. The first-order valence-corrected chi connectivity index (χ1v) is 6.21. The zero-order chi connectivity index (χ0) is 14.0. The standard InChI is InChI=1S/C11H7ClN2O4S/c12-6-1-2-8(15)7(5-6)13-11(16)9-3-4-10(19-9)14(17)18/h1-5,15H,(H,13,16). The number of nitrogens with one attached hydrogen (secondary N) is 1. The second-order valence-corrected chi connectivity index (χ2v) is 5.01. The Balaban J connectivity index is 2.20. The van der Waals surface area contributed by atoms with Gasteiger partial charge in [-0.25, -0.2) is 0 Å². The Morgan fingerprint density at radius 2 is 2.11 bits per heavy atom. The first-order valence-electron chi connectivity index (χ1n) is 5.01. The molecule has 0 unspecified atom stereocenters. The van der Waals surface area contributed by atoms with Crippen LogP contribution in [0.25, 0.3) is 0 Å². The number of hydrogen-bond acceptors (Lipinski definition) is 5. The highest BCUT2D eigenvalue weighted by Crippen LogP contribution is 2.29. The monoisotopic (exact) mass is 298 g/mol. The molecule has 19 heavy (non-hydrogen) atoms. The van der Waals surface area contributed by atoms with Gasteiger partial charge in [0.05, 0.1) is 15.5 Å². The summed E-state index contributed by atoms with van der Waals surface area (Å²) in [5.41, 5.74) is 0.147. The number of nitro groups is 1. The lowest BCUT2D eigenvalue weighted by Crippen LogP contribution is -2.10. The molecule has 0 aliphatic heterocycles. The van der Waals surface area contributed by atoms with Gasteiger partial charge in [-0.2, -0.15) is 0 Å². The van der Waals surface area contributed by atoms with Gasteiger partial charge in [-0.1, -0.05) is 22.9 Å². The molecule has 2 aromatic rings. The van der Waals surface area contributed by atoms with Gasteiger partial charge in [0.25, 0.3) is 5.91 Å². The highest BCUT2D eigenvalue weighted by molar-refractivity contribution is 7.17. The van der Waals surface area contributed by atoms with E-state index in [-0.39, 0.29) is 21.3 Å². The molecule has 0 radical (unpaired) electrons. The Morgan fingerprint density at radius 3 is 2.74 bits per heavy atom. The normalized spacial score (nSPS) is 10.2. The highest BCUT2D eigenvalue weighted by atomic mass is 35.5. The van der Waals surface area contributed by atoms with Crippen molar-refractivity contribution in [2.24, 2.45) is 0 Å². The third-order valence-electron chi connectivity index (χ3n) is 2.20. The zero-order valence-electron chi connectivity index (χ0n) is 9.29. The molecule has 1 heterocycles. The molecular formula is C11H7ClN2O4S. The lowest BCUT2D eigenvalue weighted by atomic mass is 10.3. The summed E-state index contributed by atoms with van der Waals surface area (Å²) in [6.45, 7) is 0. The number of phenolic OH excluding ortho intramolecular Hbond substituents is 1. The van der Waals surface area contributed by atoms with Gasteiger partial charge < -0.3 is 10.4 Å². The lowest BCUT2D eigenvalue weighted by molar-refractivity contribution is -0.380. The van der Waals surface area contributed by atoms with Crippen molar-refractivity contribution in [3.63, 3.8) is 0 Å². The molecular weight excluding hydrogens is 292 g/mol. The average molecular weight is 299 g/mol.